The van der Waals surface area contributed by atoms with E-state index in [-0.39, 0.29) is 29.7 Å². The standard InChI is InChI=1S/C43H55NO16/c1-20-24(57-35(51)28(48)31(38(4,5)6)44-36(52)40(9,10)60-37(44)53)18-43(54)33(58-34(50)23-15-13-12-14-16-23)30-41(11,25(47)17-26-42(30,19-55-26)59-22(3)46)32(49)29(56-21(2)45)27(20)39(43,7)8/h12-16,24-26,28-31,33,47-48,54H,17-19H2,1-11H3/t24-,25-,26+,28-,29+,30-,31-,33-,41+,42-,43+/m0/s1. The molecule has 1 aromatic rings. The summed E-state index contributed by atoms with van der Waals surface area (Å²) in [5.74, 6) is -7.28. The first-order valence-corrected chi connectivity index (χ1v) is 19.9. The molecule has 3 N–H and O–H groups in total. The van der Waals surface area contributed by atoms with Crippen LogP contribution in [0.4, 0.5) is 4.79 Å². The Morgan fingerprint density at radius 3 is 2.05 bits per heavy atom. The molecule has 17 nitrogen and oxygen atoms in total. The Hall–Kier alpha value is -4.71. The van der Waals surface area contributed by atoms with E-state index in [2.05, 4.69) is 0 Å². The zero-order valence-electron chi connectivity index (χ0n) is 35.7. The molecule has 0 unspecified atom stereocenters. The Balaban J connectivity index is 1.57. The van der Waals surface area contributed by atoms with Crippen LogP contribution in [0.25, 0.3) is 0 Å². The number of hydrogen-bond donors (Lipinski definition) is 3. The molecular weight excluding hydrogens is 786 g/mol. The number of benzene rings is 1. The van der Waals surface area contributed by atoms with Gasteiger partial charge in [-0.3, -0.25) is 19.2 Å². The van der Waals surface area contributed by atoms with Gasteiger partial charge >= 0.3 is 30.0 Å². The molecule has 4 fully saturated rings. The summed E-state index contributed by atoms with van der Waals surface area (Å²) >= 11 is 0. The smallest absolute Gasteiger partial charge is 0.418 e. The fourth-order valence-corrected chi connectivity index (χ4v) is 10.3. The van der Waals surface area contributed by atoms with Crippen molar-refractivity contribution in [3.63, 3.8) is 0 Å². The quantitative estimate of drug-likeness (QED) is 0.194. The van der Waals surface area contributed by atoms with Crippen molar-refractivity contribution in [2.75, 3.05) is 6.61 Å². The molecule has 0 aromatic heterocycles. The molecule has 328 valence electrons. The van der Waals surface area contributed by atoms with Crippen molar-refractivity contribution in [3.05, 3.63) is 47.0 Å². The number of fused-ring (bicyclic) bond motifs is 5. The van der Waals surface area contributed by atoms with E-state index in [9.17, 15) is 44.1 Å². The predicted molar refractivity (Wildman–Crippen MR) is 205 cm³/mol. The summed E-state index contributed by atoms with van der Waals surface area (Å²) in [6.45, 7) is 15.3. The predicted octanol–water partition coefficient (Wildman–Crippen LogP) is 2.74. The monoisotopic (exact) mass is 841 g/mol. The van der Waals surface area contributed by atoms with E-state index in [1.165, 1.54) is 53.7 Å². The van der Waals surface area contributed by atoms with Gasteiger partial charge in [0.2, 0.25) is 0 Å². The number of ketones is 1. The molecule has 0 spiro atoms. The van der Waals surface area contributed by atoms with Crippen LogP contribution in [-0.4, -0.2) is 128 Å². The van der Waals surface area contributed by atoms with Crippen LogP contribution in [0.15, 0.2) is 41.5 Å². The summed E-state index contributed by atoms with van der Waals surface area (Å²) in [5.41, 5.74) is -10.6. The molecule has 60 heavy (non-hydrogen) atoms. The number of hydrogen-bond acceptors (Lipinski definition) is 16. The first-order valence-electron chi connectivity index (χ1n) is 19.9. The van der Waals surface area contributed by atoms with Crippen molar-refractivity contribution in [2.24, 2.45) is 22.2 Å². The van der Waals surface area contributed by atoms with Gasteiger partial charge in [-0.25, -0.2) is 19.3 Å². The maximum Gasteiger partial charge on any atom is 0.418 e. The van der Waals surface area contributed by atoms with Crippen LogP contribution in [-0.2, 0) is 52.4 Å². The molecule has 2 saturated heterocycles. The summed E-state index contributed by atoms with van der Waals surface area (Å²) in [5, 5.41) is 37.4. The number of esters is 4. The van der Waals surface area contributed by atoms with Crippen LogP contribution in [0.3, 0.4) is 0 Å². The Morgan fingerprint density at radius 2 is 1.55 bits per heavy atom. The third-order valence-electron chi connectivity index (χ3n) is 13.4. The molecule has 0 radical (unpaired) electrons. The second-order valence-electron chi connectivity index (χ2n) is 19.0. The van der Waals surface area contributed by atoms with E-state index in [1.54, 1.807) is 39.0 Å². The van der Waals surface area contributed by atoms with Crippen LogP contribution < -0.4 is 0 Å². The summed E-state index contributed by atoms with van der Waals surface area (Å²) in [6.07, 6.45) is -12.0. The van der Waals surface area contributed by atoms with E-state index in [0.717, 1.165) is 13.8 Å². The van der Waals surface area contributed by atoms with Crippen molar-refractivity contribution in [1.82, 2.24) is 4.90 Å². The number of aliphatic hydroxyl groups excluding tert-OH is 2. The summed E-state index contributed by atoms with van der Waals surface area (Å²) in [7, 11) is 0. The zero-order chi connectivity index (χ0) is 44.9. The Kier molecular flexibility index (Phi) is 11.0. The summed E-state index contributed by atoms with van der Waals surface area (Å²) < 4.78 is 35.3. The lowest BCUT2D eigenvalue weighted by molar-refractivity contribution is -0.346. The van der Waals surface area contributed by atoms with E-state index < -0.39 is 130 Å². The molecule has 6 rings (SSSR count). The third kappa shape index (κ3) is 6.72. The largest absolute Gasteiger partial charge is 0.456 e. The average Bonchev–Trinajstić information content (AvgIpc) is 3.33. The first kappa shape index (κ1) is 44.8. The maximum absolute atomic E-state index is 15.4. The molecule has 17 heteroatoms. The van der Waals surface area contributed by atoms with Crippen LogP contribution >= 0.6 is 0 Å². The molecule has 3 aliphatic carbocycles. The van der Waals surface area contributed by atoms with Gasteiger partial charge in [0.05, 0.1) is 35.6 Å². The Bertz CT molecular complexity index is 2040. The van der Waals surface area contributed by atoms with E-state index in [0.29, 0.717) is 4.90 Å². The second kappa shape index (κ2) is 14.7. The first-order chi connectivity index (χ1) is 27.6. The maximum atomic E-state index is 15.4. The molecule has 5 aliphatic rings. The Morgan fingerprint density at radius 1 is 0.933 bits per heavy atom. The lowest BCUT2D eigenvalue weighted by atomic mass is 9.44. The van der Waals surface area contributed by atoms with Gasteiger partial charge in [-0.2, -0.15) is 0 Å². The molecule has 2 amide bonds. The van der Waals surface area contributed by atoms with Crippen LogP contribution in [0.5, 0.6) is 0 Å². The Labute approximate surface area is 347 Å². The van der Waals surface area contributed by atoms with Gasteiger partial charge in [0.1, 0.15) is 23.9 Å². The fourth-order valence-electron chi connectivity index (χ4n) is 10.3. The minimum absolute atomic E-state index is 0.0442. The highest BCUT2D eigenvalue weighted by Gasteiger charge is 2.78. The fraction of sp³-hybridized carbons (Fsp3) is 0.651. The van der Waals surface area contributed by atoms with E-state index in [4.69, 9.17) is 28.4 Å². The number of imide groups is 1. The second-order valence-corrected chi connectivity index (χ2v) is 19.0. The molecule has 1 aromatic carbocycles. The number of Topliss-reactive ketones (excluding diaryl/α,β-unsaturated/α-hetero) is 1. The number of nitrogens with zero attached hydrogens (tertiary/aromatic N) is 1. The van der Waals surface area contributed by atoms with Gasteiger partial charge in [0.25, 0.3) is 5.91 Å². The minimum atomic E-state index is -2.43. The van der Waals surface area contributed by atoms with Crippen LogP contribution in [0, 0.1) is 22.2 Å². The number of carbonyl (C=O) groups is 7. The molecular formula is C43H55NO16. The number of carbonyl (C=O) groups excluding carboxylic acids is 7. The van der Waals surface area contributed by atoms with Crippen molar-refractivity contribution in [2.45, 2.75) is 148 Å². The van der Waals surface area contributed by atoms with Gasteiger partial charge in [-0.15, -0.1) is 0 Å². The van der Waals surface area contributed by atoms with Crippen molar-refractivity contribution >= 4 is 41.7 Å². The molecule has 11 atom stereocenters. The molecule has 2 bridgehead atoms. The normalized spacial score (nSPS) is 35.3. The van der Waals surface area contributed by atoms with Gasteiger partial charge in [0, 0.05) is 32.1 Å². The molecule has 2 aliphatic heterocycles. The van der Waals surface area contributed by atoms with Gasteiger partial charge < -0.3 is 43.7 Å². The van der Waals surface area contributed by atoms with Crippen molar-refractivity contribution < 1.29 is 77.3 Å². The lowest BCUT2D eigenvalue weighted by Crippen LogP contribution is -2.82. The van der Waals surface area contributed by atoms with Crippen LogP contribution in [0.2, 0.25) is 0 Å². The average molecular weight is 842 g/mol. The third-order valence-corrected chi connectivity index (χ3v) is 13.4. The van der Waals surface area contributed by atoms with E-state index >= 15 is 4.79 Å². The van der Waals surface area contributed by atoms with Gasteiger partial charge in [-0.1, -0.05) is 52.8 Å². The number of aliphatic hydroxyl groups is 3. The SMILES string of the molecule is CC(=O)O[C@H]1C(=O)[C@@]2(C)[C@H]([C@H](OC(=O)c3ccccc3)[C@]3(O)C[C@H](OC(=O)[C@@H](O)[C@H](N4C(=O)OC(C)(C)C4=O)C(C)(C)C)C(C)=C1C3(C)C)[C@]1(OC(C)=O)CO[C@@H]1C[C@@H]2O. The number of amides is 2. The van der Waals surface area contributed by atoms with Crippen molar-refractivity contribution in [1.29, 1.82) is 0 Å². The highest BCUT2D eigenvalue weighted by atomic mass is 16.6. The summed E-state index contributed by atoms with van der Waals surface area (Å²) in [4.78, 5) is 97.0. The highest BCUT2D eigenvalue weighted by Crippen LogP contribution is 2.64. The van der Waals surface area contributed by atoms with E-state index in [1.807, 2.05) is 0 Å². The number of ether oxygens (including phenoxy) is 6. The zero-order valence-corrected chi connectivity index (χ0v) is 35.7. The lowest BCUT2D eigenvalue weighted by Gasteiger charge is -2.67. The molecule has 2 heterocycles. The van der Waals surface area contributed by atoms with Gasteiger partial charge in [-0.05, 0) is 56.4 Å². The minimum Gasteiger partial charge on any atom is -0.456 e. The number of rotatable bonds is 8. The topological polar surface area (TPSA) is 239 Å². The molecule has 2 saturated carbocycles. The highest BCUT2D eigenvalue weighted by molar-refractivity contribution is 6.03. The van der Waals surface area contributed by atoms with Crippen molar-refractivity contribution in [3.8, 4) is 0 Å². The summed E-state index contributed by atoms with van der Waals surface area (Å²) in [6, 6.07) is 6.23. The van der Waals surface area contributed by atoms with Gasteiger partial charge in [0.15, 0.2) is 29.2 Å². The van der Waals surface area contributed by atoms with Crippen LogP contribution in [0.1, 0.15) is 99.4 Å². The number of cyclic esters (lactones) is 1.